The zero-order valence-electron chi connectivity index (χ0n) is 10.5. The molecule has 0 bridgehead atoms. The predicted molar refractivity (Wildman–Crippen MR) is 66.3 cm³/mol. The first kappa shape index (κ1) is 16.0. The van der Waals surface area contributed by atoms with Crippen molar-refractivity contribution in [1.82, 2.24) is 15.3 Å². The van der Waals surface area contributed by atoms with E-state index in [4.69, 9.17) is 10.2 Å². The summed E-state index contributed by atoms with van der Waals surface area (Å²) in [6.07, 6.45) is -1.89. The van der Waals surface area contributed by atoms with Crippen molar-refractivity contribution in [2.45, 2.75) is 30.8 Å². The fourth-order valence-corrected chi connectivity index (χ4v) is 1.58. The number of nitrogens with one attached hydrogen (secondary N) is 2. The minimum atomic E-state index is -1.59. The highest BCUT2D eigenvalue weighted by atomic mass is 16.4. The van der Waals surface area contributed by atoms with Crippen molar-refractivity contribution >= 4 is 0 Å². The molecule has 0 amide bonds. The van der Waals surface area contributed by atoms with Gasteiger partial charge in [0.1, 0.15) is 18.3 Å². The summed E-state index contributed by atoms with van der Waals surface area (Å²) in [7, 11) is 0. The second kappa shape index (κ2) is 8.20. The van der Waals surface area contributed by atoms with E-state index in [1.807, 2.05) is 0 Å². The topological polar surface area (TPSA) is 142 Å². The molecule has 8 nitrogen and oxygen atoms in total. The molecule has 4 atom stereocenters. The van der Waals surface area contributed by atoms with Gasteiger partial charge in [-0.25, -0.2) is 4.98 Å². The lowest BCUT2D eigenvalue weighted by Gasteiger charge is -2.25. The molecule has 0 saturated carbocycles. The van der Waals surface area contributed by atoms with Crippen molar-refractivity contribution in [2.24, 2.45) is 0 Å². The first-order valence-electron chi connectivity index (χ1n) is 6.07. The normalized spacial score (nSPS) is 17.9. The lowest BCUT2D eigenvalue weighted by Crippen LogP contribution is -2.49. The minimum absolute atomic E-state index is 0.0600. The molecule has 0 spiro atoms. The van der Waals surface area contributed by atoms with E-state index in [1.54, 1.807) is 12.5 Å². The van der Waals surface area contributed by atoms with Gasteiger partial charge in [0.05, 0.1) is 19.0 Å². The molecule has 8 heteroatoms. The number of nitrogens with zero attached hydrogens (tertiary/aromatic N) is 1. The van der Waals surface area contributed by atoms with Gasteiger partial charge in [0.25, 0.3) is 0 Å². The van der Waals surface area contributed by atoms with E-state index in [0.717, 1.165) is 5.69 Å². The van der Waals surface area contributed by atoms with Crippen LogP contribution in [0.4, 0.5) is 0 Å². The summed E-state index contributed by atoms with van der Waals surface area (Å²) in [4.78, 5) is 6.78. The van der Waals surface area contributed by atoms with Gasteiger partial charge in [-0.05, 0) is 0 Å². The van der Waals surface area contributed by atoms with Gasteiger partial charge in [0.15, 0.2) is 0 Å². The Hall–Kier alpha value is -1.03. The molecule has 19 heavy (non-hydrogen) atoms. The maximum Gasteiger partial charge on any atom is 0.111 e. The monoisotopic (exact) mass is 275 g/mol. The molecule has 0 aliphatic heterocycles. The smallest absolute Gasteiger partial charge is 0.111 e. The van der Waals surface area contributed by atoms with Crippen LogP contribution >= 0.6 is 0 Å². The summed E-state index contributed by atoms with van der Waals surface area (Å²) in [5, 5.41) is 49.2. The van der Waals surface area contributed by atoms with E-state index in [0.29, 0.717) is 13.0 Å². The second-order valence-electron chi connectivity index (χ2n) is 4.33. The van der Waals surface area contributed by atoms with Crippen molar-refractivity contribution in [3.63, 3.8) is 0 Å². The molecule has 1 aromatic heterocycles. The molecule has 0 unspecified atom stereocenters. The van der Waals surface area contributed by atoms with Crippen LogP contribution in [0.25, 0.3) is 0 Å². The average Bonchev–Trinajstić information content (AvgIpc) is 2.93. The summed E-state index contributed by atoms with van der Waals surface area (Å²) in [6.45, 7) is -0.0622. The van der Waals surface area contributed by atoms with Crippen LogP contribution in [-0.4, -0.2) is 79.6 Å². The molecule has 1 rings (SSSR count). The molecular formula is C11H21N3O5. The van der Waals surface area contributed by atoms with Crippen LogP contribution < -0.4 is 5.32 Å². The Kier molecular flexibility index (Phi) is 6.92. The average molecular weight is 275 g/mol. The minimum Gasteiger partial charge on any atom is -0.394 e. The third kappa shape index (κ3) is 5.23. The molecule has 0 radical (unpaired) electrons. The molecule has 7 N–H and O–H groups in total. The Morgan fingerprint density at radius 3 is 2.42 bits per heavy atom. The first-order valence-corrected chi connectivity index (χ1v) is 6.07. The van der Waals surface area contributed by atoms with Gasteiger partial charge < -0.3 is 35.8 Å². The SMILES string of the molecule is OC[C@@H](O)[C@@H](O)[C@H](O)[C@@H](O)CNCCc1cnc[nH]1. The second-order valence-corrected chi connectivity index (χ2v) is 4.33. The van der Waals surface area contributed by atoms with Crippen LogP contribution in [0.15, 0.2) is 12.5 Å². The molecule has 110 valence electrons. The van der Waals surface area contributed by atoms with Crippen molar-refractivity contribution in [2.75, 3.05) is 19.7 Å². The van der Waals surface area contributed by atoms with E-state index in [1.165, 1.54) is 0 Å². The van der Waals surface area contributed by atoms with Crippen molar-refractivity contribution < 1.29 is 25.5 Å². The number of rotatable bonds is 9. The summed E-state index contributed by atoms with van der Waals surface area (Å²) in [5.74, 6) is 0. The van der Waals surface area contributed by atoms with Crippen molar-refractivity contribution in [3.05, 3.63) is 18.2 Å². The van der Waals surface area contributed by atoms with Gasteiger partial charge in [-0.1, -0.05) is 0 Å². The van der Waals surface area contributed by atoms with Gasteiger partial charge in [0, 0.05) is 31.4 Å². The van der Waals surface area contributed by atoms with Crippen LogP contribution in [0.3, 0.4) is 0 Å². The number of H-pyrrole nitrogens is 1. The Bertz CT molecular complexity index is 335. The zero-order valence-corrected chi connectivity index (χ0v) is 10.5. The quantitative estimate of drug-likeness (QED) is 0.238. The maximum absolute atomic E-state index is 9.60. The summed E-state index contributed by atoms with van der Waals surface area (Å²) >= 11 is 0. The summed E-state index contributed by atoms with van der Waals surface area (Å²) in [5.41, 5.74) is 0.943. The highest BCUT2D eigenvalue weighted by molar-refractivity contribution is 4.94. The number of imidazole rings is 1. The fraction of sp³-hybridized carbons (Fsp3) is 0.727. The standard InChI is InChI=1S/C11H21N3O5/c15-5-9(17)11(19)10(18)8(16)4-12-2-1-7-3-13-6-14-7/h3,6,8-12,15-19H,1-2,4-5H2,(H,13,14)/t8-,9+,10+,11+/m0/s1. The number of hydrogen-bond acceptors (Lipinski definition) is 7. The number of aromatic amines is 1. The lowest BCUT2D eigenvalue weighted by molar-refractivity contribution is -0.113. The van der Waals surface area contributed by atoms with Gasteiger partial charge in [-0.15, -0.1) is 0 Å². The third-order valence-corrected chi connectivity index (χ3v) is 2.80. The van der Waals surface area contributed by atoms with Crippen LogP contribution in [0.2, 0.25) is 0 Å². The van der Waals surface area contributed by atoms with E-state index >= 15 is 0 Å². The molecular weight excluding hydrogens is 254 g/mol. The first-order chi connectivity index (χ1) is 9.06. The molecule has 0 aromatic carbocycles. The van der Waals surface area contributed by atoms with E-state index in [9.17, 15) is 15.3 Å². The largest absolute Gasteiger partial charge is 0.394 e. The Morgan fingerprint density at radius 1 is 1.16 bits per heavy atom. The number of aliphatic hydroxyl groups is 5. The fourth-order valence-electron chi connectivity index (χ4n) is 1.58. The summed E-state index contributed by atoms with van der Waals surface area (Å²) in [6, 6.07) is 0. The molecule has 0 fully saturated rings. The molecule has 1 heterocycles. The van der Waals surface area contributed by atoms with Crippen molar-refractivity contribution in [1.29, 1.82) is 0 Å². The summed E-state index contributed by atoms with van der Waals surface area (Å²) < 4.78 is 0. The van der Waals surface area contributed by atoms with Crippen LogP contribution in [0.5, 0.6) is 0 Å². The maximum atomic E-state index is 9.60. The zero-order chi connectivity index (χ0) is 14.3. The highest BCUT2D eigenvalue weighted by Gasteiger charge is 2.29. The van der Waals surface area contributed by atoms with Gasteiger partial charge in [-0.3, -0.25) is 0 Å². The van der Waals surface area contributed by atoms with Crippen molar-refractivity contribution in [3.8, 4) is 0 Å². The van der Waals surface area contributed by atoms with E-state index in [-0.39, 0.29) is 6.54 Å². The Morgan fingerprint density at radius 2 is 1.84 bits per heavy atom. The number of aromatic nitrogens is 2. The molecule has 1 aromatic rings. The predicted octanol–water partition coefficient (Wildman–Crippen LogP) is -3.02. The van der Waals surface area contributed by atoms with Crippen LogP contribution in [-0.2, 0) is 6.42 Å². The van der Waals surface area contributed by atoms with E-state index in [2.05, 4.69) is 15.3 Å². The highest BCUT2D eigenvalue weighted by Crippen LogP contribution is 2.04. The van der Waals surface area contributed by atoms with Gasteiger partial charge in [-0.2, -0.15) is 0 Å². The Labute approximate surface area is 110 Å². The molecule has 0 aliphatic rings. The lowest BCUT2D eigenvalue weighted by atomic mass is 10.0. The molecule has 0 aliphatic carbocycles. The Balaban J connectivity index is 2.20. The number of hydrogen-bond donors (Lipinski definition) is 7. The third-order valence-electron chi connectivity index (χ3n) is 2.80. The number of aliphatic hydroxyl groups excluding tert-OH is 5. The molecule has 0 saturated heterocycles. The van der Waals surface area contributed by atoms with Crippen LogP contribution in [0, 0.1) is 0 Å². The van der Waals surface area contributed by atoms with Crippen LogP contribution in [0.1, 0.15) is 5.69 Å². The van der Waals surface area contributed by atoms with Gasteiger partial charge in [0.2, 0.25) is 0 Å². The van der Waals surface area contributed by atoms with E-state index < -0.39 is 31.0 Å². The van der Waals surface area contributed by atoms with Gasteiger partial charge >= 0.3 is 0 Å².